The molecular weight excluding hydrogens is 246 g/mol. The minimum Gasteiger partial charge on any atom is -0.343 e. The summed E-state index contributed by atoms with van der Waals surface area (Å²) >= 11 is 0. The van der Waals surface area contributed by atoms with E-state index in [-0.39, 0.29) is 0 Å². The molecule has 1 unspecified atom stereocenters. The molecule has 1 aromatic heterocycles. The molecule has 2 aromatic rings. The molecule has 0 bridgehead atoms. The minimum absolute atomic E-state index is 0.344. The summed E-state index contributed by atoms with van der Waals surface area (Å²) in [6, 6.07) is 14.9. The maximum Gasteiger partial charge on any atom is 0.0594 e. The molecule has 0 radical (unpaired) electrons. The largest absolute Gasteiger partial charge is 0.343 e. The third-order valence-electron chi connectivity index (χ3n) is 3.52. The lowest BCUT2D eigenvalue weighted by Gasteiger charge is -2.20. The van der Waals surface area contributed by atoms with Gasteiger partial charge in [0.1, 0.15) is 0 Å². The molecule has 1 heterocycles. The summed E-state index contributed by atoms with van der Waals surface area (Å²) < 4.78 is 0. The van der Waals surface area contributed by atoms with Gasteiger partial charge in [-0.15, -0.1) is 0 Å². The van der Waals surface area contributed by atoms with E-state index in [0.717, 1.165) is 24.3 Å². The Hall–Kier alpha value is -1.87. The molecule has 3 heteroatoms. The normalized spacial score (nSPS) is 12.2. The highest BCUT2D eigenvalue weighted by atomic mass is 15.1. The van der Waals surface area contributed by atoms with Crippen molar-refractivity contribution in [3.63, 3.8) is 0 Å². The Morgan fingerprint density at radius 1 is 1.05 bits per heavy atom. The second-order valence-electron chi connectivity index (χ2n) is 4.85. The van der Waals surface area contributed by atoms with Gasteiger partial charge in [0, 0.05) is 18.8 Å². The van der Waals surface area contributed by atoms with Gasteiger partial charge in [-0.1, -0.05) is 32.0 Å². The Balaban J connectivity index is 2.15. The molecule has 20 heavy (non-hydrogen) atoms. The van der Waals surface area contributed by atoms with Gasteiger partial charge in [0.05, 0.1) is 17.6 Å². The highest BCUT2D eigenvalue weighted by molar-refractivity contribution is 5.61. The fourth-order valence-corrected chi connectivity index (χ4v) is 2.31. The van der Waals surface area contributed by atoms with Crippen molar-refractivity contribution in [3.05, 3.63) is 54.4 Å². The van der Waals surface area contributed by atoms with Gasteiger partial charge in [0.15, 0.2) is 0 Å². The molecule has 106 valence electrons. The fraction of sp³-hybridized carbons (Fsp3) is 0.353. The van der Waals surface area contributed by atoms with E-state index in [1.54, 1.807) is 0 Å². The van der Waals surface area contributed by atoms with E-state index >= 15 is 0 Å². The SMILES string of the molecule is CCNC(CC)c1ccc(N(C)c2ccccc2)cn1. The molecule has 0 saturated carbocycles. The number of para-hydroxylation sites is 1. The van der Waals surface area contributed by atoms with Gasteiger partial charge in [-0.25, -0.2) is 0 Å². The second kappa shape index (κ2) is 7.06. The van der Waals surface area contributed by atoms with Crippen LogP contribution in [0, 0.1) is 0 Å². The quantitative estimate of drug-likeness (QED) is 0.861. The van der Waals surface area contributed by atoms with Crippen LogP contribution in [0.15, 0.2) is 48.7 Å². The van der Waals surface area contributed by atoms with E-state index in [4.69, 9.17) is 0 Å². The molecule has 1 N–H and O–H groups in total. The monoisotopic (exact) mass is 269 g/mol. The number of nitrogens with one attached hydrogen (secondary N) is 1. The van der Waals surface area contributed by atoms with Crippen LogP contribution in [0.2, 0.25) is 0 Å². The number of aromatic nitrogens is 1. The third-order valence-corrected chi connectivity index (χ3v) is 3.52. The summed E-state index contributed by atoms with van der Waals surface area (Å²) in [7, 11) is 2.06. The number of hydrogen-bond donors (Lipinski definition) is 1. The molecule has 0 fully saturated rings. The average Bonchev–Trinajstić information content (AvgIpc) is 2.53. The summed E-state index contributed by atoms with van der Waals surface area (Å²) in [6.45, 7) is 5.27. The van der Waals surface area contributed by atoms with Crippen molar-refractivity contribution in [1.82, 2.24) is 10.3 Å². The molecule has 0 amide bonds. The van der Waals surface area contributed by atoms with Crippen molar-refractivity contribution < 1.29 is 0 Å². The lowest BCUT2D eigenvalue weighted by molar-refractivity contribution is 0.525. The molecular formula is C17H23N3. The van der Waals surface area contributed by atoms with Crippen LogP contribution in [0.1, 0.15) is 32.0 Å². The fourth-order valence-electron chi connectivity index (χ4n) is 2.31. The van der Waals surface area contributed by atoms with Gasteiger partial charge in [-0.2, -0.15) is 0 Å². The zero-order valence-corrected chi connectivity index (χ0v) is 12.5. The van der Waals surface area contributed by atoms with E-state index in [1.807, 2.05) is 24.4 Å². The van der Waals surface area contributed by atoms with Crippen molar-refractivity contribution in [2.75, 3.05) is 18.5 Å². The third kappa shape index (κ3) is 3.36. The Labute approximate surface area is 121 Å². The van der Waals surface area contributed by atoms with E-state index in [9.17, 15) is 0 Å². The first-order valence-electron chi connectivity index (χ1n) is 7.24. The highest BCUT2D eigenvalue weighted by Crippen LogP contribution is 2.23. The van der Waals surface area contributed by atoms with Crippen molar-refractivity contribution in [2.24, 2.45) is 0 Å². The van der Waals surface area contributed by atoms with Crippen LogP contribution in [0.3, 0.4) is 0 Å². The van der Waals surface area contributed by atoms with Gasteiger partial charge in [-0.3, -0.25) is 4.98 Å². The maximum atomic E-state index is 4.61. The predicted molar refractivity (Wildman–Crippen MR) is 85.5 cm³/mol. The molecule has 3 nitrogen and oxygen atoms in total. The summed E-state index contributed by atoms with van der Waals surface area (Å²) in [5.74, 6) is 0. The highest BCUT2D eigenvalue weighted by Gasteiger charge is 2.10. The van der Waals surface area contributed by atoms with Crippen LogP contribution in [-0.4, -0.2) is 18.6 Å². The number of anilines is 2. The van der Waals surface area contributed by atoms with Crippen LogP contribution in [-0.2, 0) is 0 Å². The molecule has 0 aliphatic rings. The average molecular weight is 269 g/mol. The molecule has 0 aliphatic carbocycles. The Kier molecular flexibility index (Phi) is 5.13. The van der Waals surface area contributed by atoms with Gasteiger partial charge >= 0.3 is 0 Å². The summed E-state index contributed by atoms with van der Waals surface area (Å²) in [4.78, 5) is 6.75. The Bertz CT molecular complexity index is 508. The molecule has 1 atom stereocenters. The minimum atomic E-state index is 0.344. The van der Waals surface area contributed by atoms with Crippen molar-refractivity contribution >= 4 is 11.4 Å². The number of pyridine rings is 1. The first-order chi connectivity index (χ1) is 9.76. The van der Waals surface area contributed by atoms with Gasteiger partial charge in [0.25, 0.3) is 0 Å². The van der Waals surface area contributed by atoms with Crippen LogP contribution in [0.5, 0.6) is 0 Å². The summed E-state index contributed by atoms with van der Waals surface area (Å²) in [6.07, 6.45) is 3.00. The second-order valence-corrected chi connectivity index (χ2v) is 4.85. The van der Waals surface area contributed by atoms with Crippen molar-refractivity contribution in [1.29, 1.82) is 0 Å². The van der Waals surface area contributed by atoms with Crippen molar-refractivity contribution in [3.8, 4) is 0 Å². The molecule has 0 spiro atoms. The molecule has 0 aliphatic heterocycles. The zero-order chi connectivity index (χ0) is 14.4. The number of benzene rings is 1. The maximum absolute atomic E-state index is 4.61. The smallest absolute Gasteiger partial charge is 0.0594 e. The first-order valence-corrected chi connectivity index (χ1v) is 7.24. The summed E-state index contributed by atoms with van der Waals surface area (Å²) in [5.41, 5.74) is 3.38. The Morgan fingerprint density at radius 3 is 2.35 bits per heavy atom. The Morgan fingerprint density at radius 2 is 1.80 bits per heavy atom. The van der Waals surface area contributed by atoms with Gasteiger partial charge in [-0.05, 0) is 37.2 Å². The molecule has 0 saturated heterocycles. The lowest BCUT2D eigenvalue weighted by Crippen LogP contribution is -2.21. The number of rotatable bonds is 6. The van der Waals surface area contributed by atoms with Gasteiger partial charge in [0.2, 0.25) is 0 Å². The van der Waals surface area contributed by atoms with E-state index in [0.29, 0.717) is 6.04 Å². The van der Waals surface area contributed by atoms with Crippen LogP contribution in [0.4, 0.5) is 11.4 Å². The van der Waals surface area contributed by atoms with Crippen LogP contribution in [0.25, 0.3) is 0 Å². The zero-order valence-electron chi connectivity index (χ0n) is 12.5. The van der Waals surface area contributed by atoms with E-state index in [1.165, 1.54) is 5.69 Å². The van der Waals surface area contributed by atoms with Gasteiger partial charge < -0.3 is 10.2 Å². The number of nitrogens with zero attached hydrogens (tertiary/aromatic N) is 2. The lowest BCUT2D eigenvalue weighted by atomic mass is 10.1. The molecule has 1 aromatic carbocycles. The van der Waals surface area contributed by atoms with Crippen LogP contribution < -0.4 is 10.2 Å². The predicted octanol–water partition coefficient (Wildman–Crippen LogP) is 3.91. The standard InChI is InChI=1S/C17H23N3/c1-4-16(18-5-2)17-12-11-15(13-19-17)20(3)14-9-7-6-8-10-14/h6-13,16,18H,4-5H2,1-3H3. The summed E-state index contributed by atoms with van der Waals surface area (Å²) in [5, 5.41) is 3.45. The van der Waals surface area contributed by atoms with Crippen LogP contribution >= 0.6 is 0 Å². The molecule has 2 rings (SSSR count). The van der Waals surface area contributed by atoms with E-state index in [2.05, 4.69) is 60.4 Å². The van der Waals surface area contributed by atoms with Crippen molar-refractivity contribution in [2.45, 2.75) is 26.3 Å². The number of hydrogen-bond acceptors (Lipinski definition) is 3. The first kappa shape index (κ1) is 14.5. The topological polar surface area (TPSA) is 28.2 Å². The van der Waals surface area contributed by atoms with E-state index < -0.39 is 0 Å².